The summed E-state index contributed by atoms with van der Waals surface area (Å²) < 4.78 is 30.6. The van der Waals surface area contributed by atoms with Crippen LogP contribution in [0.5, 0.6) is 0 Å². The first-order valence-corrected chi connectivity index (χ1v) is 7.47. The van der Waals surface area contributed by atoms with Crippen molar-refractivity contribution in [3.8, 4) is 0 Å². The number of benzene rings is 1. The van der Waals surface area contributed by atoms with Crippen molar-refractivity contribution in [2.45, 2.75) is 12.5 Å². The second-order valence-electron chi connectivity index (χ2n) is 4.03. The molecule has 0 radical (unpaired) electrons. The summed E-state index contributed by atoms with van der Waals surface area (Å²) in [6.07, 6.45) is 0.479. The number of nitrogens with one attached hydrogen (secondary N) is 1. The van der Waals surface area contributed by atoms with Crippen LogP contribution in [-0.4, -0.2) is 34.4 Å². The fourth-order valence-electron chi connectivity index (χ4n) is 1.50. The van der Waals surface area contributed by atoms with E-state index in [1.807, 2.05) is 30.3 Å². The smallest absolute Gasteiger partial charge is 0.211 e. The van der Waals surface area contributed by atoms with Gasteiger partial charge in [0.15, 0.2) is 0 Å². The van der Waals surface area contributed by atoms with Gasteiger partial charge in [-0.3, -0.25) is 0 Å². The molecule has 0 aliphatic heterocycles. The first-order valence-electron chi connectivity index (χ1n) is 5.82. The first-order chi connectivity index (χ1) is 8.55. The van der Waals surface area contributed by atoms with Crippen molar-refractivity contribution < 1.29 is 13.2 Å². The Kier molecular flexibility index (Phi) is 6.28. The van der Waals surface area contributed by atoms with E-state index in [1.165, 1.54) is 0 Å². The van der Waals surface area contributed by atoms with Crippen LogP contribution in [-0.2, 0) is 14.8 Å². The van der Waals surface area contributed by atoms with Crippen LogP contribution in [0.15, 0.2) is 30.3 Å². The lowest BCUT2D eigenvalue weighted by molar-refractivity contribution is 0.199. The van der Waals surface area contributed by atoms with Crippen LogP contribution < -0.4 is 10.5 Å². The van der Waals surface area contributed by atoms with Gasteiger partial charge in [0, 0.05) is 26.3 Å². The third-order valence-electron chi connectivity index (χ3n) is 2.51. The number of methoxy groups -OCH3 is 1. The molecule has 0 fully saturated rings. The molecule has 5 nitrogen and oxygen atoms in total. The molecule has 102 valence electrons. The molecule has 0 saturated heterocycles. The van der Waals surface area contributed by atoms with E-state index >= 15 is 0 Å². The Morgan fingerprint density at radius 2 is 2.00 bits per heavy atom. The van der Waals surface area contributed by atoms with E-state index in [-0.39, 0.29) is 18.3 Å². The van der Waals surface area contributed by atoms with Crippen LogP contribution in [0.1, 0.15) is 18.0 Å². The van der Waals surface area contributed by atoms with Crippen LogP contribution in [0.3, 0.4) is 0 Å². The highest BCUT2D eigenvalue weighted by atomic mass is 32.2. The average molecular weight is 272 g/mol. The van der Waals surface area contributed by atoms with Gasteiger partial charge in [-0.25, -0.2) is 13.1 Å². The number of hydrogen-bond donors (Lipinski definition) is 2. The van der Waals surface area contributed by atoms with Crippen molar-refractivity contribution in [1.29, 1.82) is 0 Å². The molecule has 1 unspecified atom stereocenters. The van der Waals surface area contributed by atoms with Crippen molar-refractivity contribution in [3.05, 3.63) is 35.9 Å². The number of rotatable bonds is 8. The van der Waals surface area contributed by atoms with Crippen molar-refractivity contribution >= 4 is 10.0 Å². The summed E-state index contributed by atoms with van der Waals surface area (Å²) >= 11 is 0. The van der Waals surface area contributed by atoms with Crippen molar-refractivity contribution in [2.24, 2.45) is 5.73 Å². The normalized spacial score (nSPS) is 13.4. The first kappa shape index (κ1) is 15.1. The molecule has 1 aromatic rings. The van der Waals surface area contributed by atoms with Gasteiger partial charge in [-0.1, -0.05) is 30.3 Å². The zero-order valence-electron chi connectivity index (χ0n) is 10.5. The highest BCUT2D eigenvalue weighted by molar-refractivity contribution is 7.89. The van der Waals surface area contributed by atoms with E-state index < -0.39 is 10.0 Å². The van der Waals surface area contributed by atoms with Gasteiger partial charge in [0.25, 0.3) is 0 Å². The van der Waals surface area contributed by atoms with E-state index in [9.17, 15) is 8.42 Å². The molecular weight excluding hydrogens is 252 g/mol. The van der Waals surface area contributed by atoms with Gasteiger partial charge in [0.05, 0.1) is 5.75 Å². The highest BCUT2D eigenvalue weighted by Crippen LogP contribution is 2.08. The van der Waals surface area contributed by atoms with Gasteiger partial charge >= 0.3 is 0 Å². The zero-order valence-corrected chi connectivity index (χ0v) is 11.3. The van der Waals surface area contributed by atoms with E-state index in [1.54, 1.807) is 7.11 Å². The lowest BCUT2D eigenvalue weighted by Crippen LogP contribution is -2.33. The van der Waals surface area contributed by atoms with Crippen molar-refractivity contribution in [3.63, 3.8) is 0 Å². The summed E-state index contributed by atoms with van der Waals surface area (Å²) in [4.78, 5) is 0. The molecule has 3 N–H and O–H groups in total. The minimum Gasteiger partial charge on any atom is -0.385 e. The molecule has 1 aromatic carbocycles. The van der Waals surface area contributed by atoms with Crippen LogP contribution in [0, 0.1) is 0 Å². The fraction of sp³-hybridized carbons (Fsp3) is 0.500. The second kappa shape index (κ2) is 7.48. The molecule has 0 bridgehead atoms. The topological polar surface area (TPSA) is 81.4 Å². The van der Waals surface area contributed by atoms with Crippen LogP contribution in [0.4, 0.5) is 0 Å². The predicted molar refractivity (Wildman–Crippen MR) is 71.7 cm³/mol. The maximum absolute atomic E-state index is 11.6. The van der Waals surface area contributed by atoms with Crippen LogP contribution in [0.25, 0.3) is 0 Å². The quantitative estimate of drug-likeness (QED) is 0.681. The summed E-state index contributed by atoms with van der Waals surface area (Å²) in [5.74, 6) is 0.0579. The SMILES string of the molecule is COCCCS(=O)(=O)NCC(N)c1ccccc1. The molecule has 1 rings (SSSR count). The third-order valence-corrected chi connectivity index (χ3v) is 3.95. The Morgan fingerprint density at radius 3 is 2.61 bits per heavy atom. The van der Waals surface area contributed by atoms with Gasteiger partial charge < -0.3 is 10.5 Å². The summed E-state index contributed by atoms with van der Waals surface area (Å²) in [6.45, 7) is 0.644. The molecule has 0 saturated carbocycles. The molecule has 0 aliphatic carbocycles. The third kappa shape index (κ3) is 5.59. The van der Waals surface area contributed by atoms with Crippen LogP contribution >= 0.6 is 0 Å². The molecular formula is C12H20N2O3S. The monoisotopic (exact) mass is 272 g/mol. The maximum Gasteiger partial charge on any atom is 0.211 e. The van der Waals surface area contributed by atoms with Crippen LogP contribution in [0.2, 0.25) is 0 Å². The van der Waals surface area contributed by atoms with Gasteiger partial charge in [0.2, 0.25) is 10.0 Å². The molecule has 0 aromatic heterocycles. The highest BCUT2D eigenvalue weighted by Gasteiger charge is 2.12. The number of ether oxygens (including phenoxy) is 1. The molecule has 18 heavy (non-hydrogen) atoms. The maximum atomic E-state index is 11.6. The summed E-state index contributed by atoms with van der Waals surface area (Å²) in [5.41, 5.74) is 6.82. The summed E-state index contributed by atoms with van der Waals surface area (Å²) in [6, 6.07) is 9.08. The number of hydrogen-bond acceptors (Lipinski definition) is 4. The van der Waals surface area contributed by atoms with Gasteiger partial charge in [-0.15, -0.1) is 0 Å². The van der Waals surface area contributed by atoms with Crippen molar-refractivity contribution in [2.75, 3.05) is 26.0 Å². The molecule has 0 spiro atoms. The van der Waals surface area contributed by atoms with E-state index in [0.29, 0.717) is 13.0 Å². The molecule has 0 heterocycles. The minimum atomic E-state index is -3.27. The largest absolute Gasteiger partial charge is 0.385 e. The van der Waals surface area contributed by atoms with Crippen molar-refractivity contribution in [1.82, 2.24) is 4.72 Å². The van der Waals surface area contributed by atoms with Gasteiger partial charge in [0.1, 0.15) is 0 Å². The zero-order chi connectivity index (χ0) is 13.4. The van der Waals surface area contributed by atoms with E-state index in [4.69, 9.17) is 10.5 Å². The standard InChI is InChI=1S/C12H20N2O3S/c1-17-8-5-9-18(15,16)14-10-12(13)11-6-3-2-4-7-11/h2-4,6-7,12,14H,5,8-10,13H2,1H3. The Morgan fingerprint density at radius 1 is 1.33 bits per heavy atom. The van der Waals surface area contributed by atoms with Gasteiger partial charge in [-0.05, 0) is 12.0 Å². The number of sulfonamides is 1. The number of nitrogens with two attached hydrogens (primary N) is 1. The Labute approximate surface area is 108 Å². The van der Waals surface area contributed by atoms with E-state index in [2.05, 4.69) is 4.72 Å². The lowest BCUT2D eigenvalue weighted by Gasteiger charge is -2.13. The second-order valence-corrected chi connectivity index (χ2v) is 5.96. The summed E-state index contributed by atoms with van der Waals surface area (Å²) in [7, 11) is -1.72. The Balaban J connectivity index is 2.40. The average Bonchev–Trinajstić information content (AvgIpc) is 2.37. The Bertz CT molecular complexity index is 434. The predicted octanol–water partition coefficient (Wildman–Crippen LogP) is 0.642. The Hall–Kier alpha value is -0.950. The molecule has 6 heteroatoms. The van der Waals surface area contributed by atoms with E-state index in [0.717, 1.165) is 5.56 Å². The minimum absolute atomic E-state index is 0.0579. The van der Waals surface area contributed by atoms with Gasteiger partial charge in [-0.2, -0.15) is 0 Å². The fourth-order valence-corrected chi connectivity index (χ4v) is 2.58. The summed E-state index contributed by atoms with van der Waals surface area (Å²) in [5, 5.41) is 0. The molecule has 0 amide bonds. The molecule has 1 atom stereocenters. The molecule has 0 aliphatic rings. The lowest BCUT2D eigenvalue weighted by atomic mass is 10.1.